The molecule has 1 aromatic heterocycles. The van der Waals surface area contributed by atoms with Gasteiger partial charge in [-0.1, -0.05) is 18.2 Å². The second kappa shape index (κ2) is 8.85. The van der Waals surface area contributed by atoms with E-state index in [2.05, 4.69) is 0 Å². The van der Waals surface area contributed by atoms with E-state index in [0.29, 0.717) is 24.9 Å². The van der Waals surface area contributed by atoms with E-state index in [9.17, 15) is 27.6 Å². The summed E-state index contributed by atoms with van der Waals surface area (Å²) < 4.78 is 45.3. The average molecular weight is 464 g/mol. The van der Waals surface area contributed by atoms with E-state index in [0.717, 1.165) is 30.2 Å². The maximum Gasteiger partial charge on any atom is 0.417 e. The maximum absolute atomic E-state index is 13.3. The number of thioether (sulfide) groups is 1. The van der Waals surface area contributed by atoms with Crippen molar-refractivity contribution in [2.24, 2.45) is 0 Å². The number of hydrogen-bond acceptors (Lipinski definition) is 5. The molecule has 2 fully saturated rings. The second-order valence-electron chi connectivity index (χ2n) is 7.45. The highest BCUT2D eigenvalue weighted by Gasteiger charge is 2.38. The Hall–Kier alpha value is -3.01. The summed E-state index contributed by atoms with van der Waals surface area (Å²) in [6, 6.07) is 7.82. The number of furan rings is 1. The van der Waals surface area contributed by atoms with Gasteiger partial charge in [-0.2, -0.15) is 13.2 Å². The number of likely N-dealkylation sites (tertiary alicyclic amines) is 1. The fourth-order valence-corrected chi connectivity index (χ4v) is 4.48. The van der Waals surface area contributed by atoms with Crippen molar-refractivity contribution in [3.63, 3.8) is 0 Å². The predicted molar refractivity (Wildman–Crippen MR) is 112 cm³/mol. The summed E-state index contributed by atoms with van der Waals surface area (Å²) >= 11 is 0.666. The first kappa shape index (κ1) is 22.2. The fraction of sp³-hybridized carbons (Fsp3) is 0.318. The summed E-state index contributed by atoms with van der Waals surface area (Å²) in [6.07, 6.45) is -0.409. The van der Waals surface area contributed by atoms with Crippen LogP contribution in [0.15, 0.2) is 45.7 Å². The van der Waals surface area contributed by atoms with E-state index in [-0.39, 0.29) is 34.4 Å². The molecule has 4 rings (SSSR count). The van der Waals surface area contributed by atoms with Crippen LogP contribution < -0.4 is 0 Å². The number of benzene rings is 1. The molecule has 2 saturated heterocycles. The molecule has 0 saturated carbocycles. The molecule has 2 aromatic rings. The van der Waals surface area contributed by atoms with Gasteiger partial charge in [0.05, 0.1) is 10.5 Å². The van der Waals surface area contributed by atoms with E-state index in [1.807, 2.05) is 0 Å². The number of rotatable bonds is 4. The molecular weight excluding hydrogens is 445 g/mol. The Morgan fingerprint density at radius 1 is 1.06 bits per heavy atom. The molecule has 2 aliphatic rings. The molecule has 0 bridgehead atoms. The summed E-state index contributed by atoms with van der Waals surface area (Å²) in [5.41, 5.74) is -0.961. The number of alkyl halides is 3. The Morgan fingerprint density at radius 3 is 2.50 bits per heavy atom. The van der Waals surface area contributed by atoms with Crippen LogP contribution in [-0.4, -0.2) is 46.5 Å². The summed E-state index contributed by atoms with van der Waals surface area (Å²) in [5.74, 6) is -0.787. The largest absolute Gasteiger partial charge is 0.457 e. The summed E-state index contributed by atoms with van der Waals surface area (Å²) in [6.45, 7) is 0.892. The van der Waals surface area contributed by atoms with Crippen molar-refractivity contribution in [2.75, 3.05) is 19.6 Å². The average Bonchev–Trinajstić information content (AvgIpc) is 3.34. The lowest BCUT2D eigenvalue weighted by Gasteiger charge is -2.27. The van der Waals surface area contributed by atoms with E-state index in [1.165, 1.54) is 36.4 Å². The van der Waals surface area contributed by atoms with Crippen LogP contribution >= 0.6 is 11.8 Å². The Bertz CT molecular complexity index is 1090. The molecule has 168 valence electrons. The van der Waals surface area contributed by atoms with Gasteiger partial charge in [0.2, 0.25) is 5.91 Å². The number of piperidine rings is 1. The number of nitrogens with zero attached hydrogens (tertiary/aromatic N) is 2. The molecule has 0 unspecified atom stereocenters. The van der Waals surface area contributed by atoms with Crippen LogP contribution in [0.1, 0.15) is 30.6 Å². The van der Waals surface area contributed by atoms with Crippen molar-refractivity contribution >= 4 is 34.9 Å². The van der Waals surface area contributed by atoms with E-state index < -0.39 is 22.9 Å². The quantitative estimate of drug-likeness (QED) is 0.595. The molecule has 2 aliphatic heterocycles. The minimum absolute atomic E-state index is 0.0105. The molecular formula is C22H19F3N2O4S. The van der Waals surface area contributed by atoms with Crippen molar-refractivity contribution in [3.8, 4) is 11.3 Å². The molecule has 32 heavy (non-hydrogen) atoms. The number of carbonyl (C=O) groups excluding carboxylic acids is 3. The third kappa shape index (κ3) is 4.59. The van der Waals surface area contributed by atoms with E-state index >= 15 is 0 Å². The van der Waals surface area contributed by atoms with Gasteiger partial charge in [-0.15, -0.1) is 0 Å². The molecule has 3 heterocycles. The first-order valence-corrected chi connectivity index (χ1v) is 10.9. The van der Waals surface area contributed by atoms with Crippen LogP contribution in [0.25, 0.3) is 17.4 Å². The van der Waals surface area contributed by atoms with Gasteiger partial charge >= 0.3 is 6.18 Å². The van der Waals surface area contributed by atoms with Crippen molar-refractivity contribution in [1.29, 1.82) is 0 Å². The van der Waals surface area contributed by atoms with Crippen LogP contribution in [0.3, 0.4) is 0 Å². The normalized spacial score (nSPS) is 18.7. The highest BCUT2D eigenvalue weighted by molar-refractivity contribution is 8.18. The fourth-order valence-electron chi connectivity index (χ4n) is 3.66. The second-order valence-corrected chi connectivity index (χ2v) is 8.45. The highest BCUT2D eigenvalue weighted by atomic mass is 32.2. The van der Waals surface area contributed by atoms with Crippen LogP contribution in [-0.2, 0) is 15.8 Å². The minimum atomic E-state index is -4.55. The zero-order valence-corrected chi connectivity index (χ0v) is 17.7. The summed E-state index contributed by atoms with van der Waals surface area (Å²) in [7, 11) is 0. The Morgan fingerprint density at radius 2 is 1.78 bits per heavy atom. The van der Waals surface area contributed by atoms with Gasteiger partial charge in [-0.05, 0) is 49.2 Å². The van der Waals surface area contributed by atoms with Crippen LogP contribution in [0, 0.1) is 0 Å². The standard InChI is InChI=1S/C22H19F3N2O4S/c23-22(24,25)16-7-3-2-6-15(16)17-9-8-14(31-17)12-18-20(29)27(21(30)32-18)13-19(28)26-10-4-1-5-11-26/h2-3,6-9,12H,1,4-5,10-11,13H2/b18-12+. The molecule has 0 aliphatic carbocycles. The van der Waals surface area contributed by atoms with Crippen LogP contribution in [0.5, 0.6) is 0 Å². The van der Waals surface area contributed by atoms with Crippen molar-refractivity contribution in [2.45, 2.75) is 25.4 Å². The van der Waals surface area contributed by atoms with Crippen molar-refractivity contribution < 1.29 is 32.0 Å². The highest BCUT2D eigenvalue weighted by Crippen LogP contribution is 2.38. The predicted octanol–water partition coefficient (Wildman–Crippen LogP) is 5.01. The smallest absolute Gasteiger partial charge is 0.417 e. The number of hydrogen-bond donors (Lipinski definition) is 0. The molecule has 10 heteroatoms. The molecule has 1 aromatic carbocycles. The van der Waals surface area contributed by atoms with Gasteiger partial charge in [0, 0.05) is 24.7 Å². The summed E-state index contributed by atoms with van der Waals surface area (Å²) in [5, 5.41) is -0.569. The Labute approximate surface area is 186 Å². The van der Waals surface area contributed by atoms with Gasteiger partial charge in [0.15, 0.2) is 0 Å². The van der Waals surface area contributed by atoms with Gasteiger partial charge < -0.3 is 9.32 Å². The molecule has 6 nitrogen and oxygen atoms in total. The first-order chi connectivity index (χ1) is 15.2. The van der Waals surface area contributed by atoms with E-state index in [1.54, 1.807) is 4.90 Å². The van der Waals surface area contributed by atoms with Gasteiger partial charge in [-0.3, -0.25) is 19.3 Å². The van der Waals surface area contributed by atoms with E-state index in [4.69, 9.17) is 4.42 Å². The number of carbonyl (C=O) groups is 3. The first-order valence-electron chi connectivity index (χ1n) is 10.0. The third-order valence-electron chi connectivity index (χ3n) is 5.27. The lowest BCUT2D eigenvalue weighted by atomic mass is 10.1. The number of amides is 3. The Kier molecular flexibility index (Phi) is 6.14. The van der Waals surface area contributed by atoms with Gasteiger partial charge in [0.1, 0.15) is 18.1 Å². The SMILES string of the molecule is O=C(CN1C(=O)S/C(=C/c2ccc(-c3ccccc3C(F)(F)F)o2)C1=O)N1CCCCC1. The van der Waals surface area contributed by atoms with Crippen LogP contribution in [0.4, 0.5) is 18.0 Å². The molecule has 0 radical (unpaired) electrons. The zero-order valence-electron chi connectivity index (χ0n) is 16.9. The topological polar surface area (TPSA) is 70.8 Å². The molecule has 3 amide bonds. The lowest BCUT2D eigenvalue weighted by Crippen LogP contribution is -2.44. The lowest BCUT2D eigenvalue weighted by molar-refractivity contribution is -0.137. The van der Waals surface area contributed by atoms with Gasteiger partial charge in [0.25, 0.3) is 11.1 Å². The number of imide groups is 1. The summed E-state index contributed by atoms with van der Waals surface area (Å²) in [4.78, 5) is 39.9. The maximum atomic E-state index is 13.3. The zero-order chi connectivity index (χ0) is 22.9. The van der Waals surface area contributed by atoms with Crippen molar-refractivity contribution in [1.82, 2.24) is 9.80 Å². The minimum Gasteiger partial charge on any atom is -0.457 e. The van der Waals surface area contributed by atoms with Crippen molar-refractivity contribution in [3.05, 3.63) is 52.6 Å². The monoisotopic (exact) mass is 464 g/mol. The van der Waals surface area contributed by atoms with Crippen LogP contribution in [0.2, 0.25) is 0 Å². The molecule has 0 atom stereocenters. The third-order valence-corrected chi connectivity index (χ3v) is 6.18. The van der Waals surface area contributed by atoms with Gasteiger partial charge in [-0.25, -0.2) is 0 Å². The Balaban J connectivity index is 1.51. The molecule has 0 N–H and O–H groups in total. The number of halogens is 3. The molecule has 0 spiro atoms.